The summed E-state index contributed by atoms with van der Waals surface area (Å²) in [6.45, 7) is -1.75. The van der Waals surface area contributed by atoms with Crippen LogP contribution in [0.25, 0.3) is 6.08 Å². The number of rotatable bonds is 2. The number of benzene rings is 1. The highest BCUT2D eigenvalue weighted by Gasteiger charge is 2.28. The van der Waals surface area contributed by atoms with E-state index in [2.05, 4.69) is 0 Å². The molecular weight excluding hydrogens is 207 g/mol. The van der Waals surface area contributed by atoms with Crippen LogP contribution < -0.4 is 5.46 Å². The molecule has 1 rings (SSSR count). The van der Waals surface area contributed by atoms with Gasteiger partial charge in [0.05, 0.1) is 5.82 Å². The van der Waals surface area contributed by atoms with E-state index in [1.807, 2.05) is 0 Å². The quantitative estimate of drug-likeness (QED) is 0.526. The van der Waals surface area contributed by atoms with Crippen molar-refractivity contribution in [1.82, 2.24) is 0 Å². The Morgan fingerprint density at radius 1 is 1.20 bits per heavy atom. The van der Waals surface area contributed by atoms with Gasteiger partial charge in [-0.25, -0.2) is 4.39 Å². The molecule has 0 aliphatic heterocycles. The van der Waals surface area contributed by atoms with Crippen LogP contribution in [0.15, 0.2) is 23.8 Å². The Labute approximate surface area is 85.7 Å². The highest BCUT2D eigenvalue weighted by molar-refractivity contribution is 6.73. The molecule has 0 radical (unpaired) electrons. The highest BCUT2D eigenvalue weighted by Crippen LogP contribution is 2.14. The van der Waals surface area contributed by atoms with Crippen LogP contribution >= 0.6 is 0 Å². The van der Waals surface area contributed by atoms with E-state index in [4.69, 9.17) is 0 Å². The molecule has 1 aromatic carbocycles. The first-order valence-corrected chi connectivity index (χ1v) is 4.45. The molecule has 82 valence electrons. The standard InChI is InChI=1S/C10H10BF4/c1-7(2)5-8-3-4-10(12)9(6-8)11(13,14)15/h3-6H,1-2H3/q-1. The van der Waals surface area contributed by atoms with Crippen molar-refractivity contribution in [3.8, 4) is 0 Å². The van der Waals surface area contributed by atoms with E-state index in [0.717, 1.165) is 17.7 Å². The van der Waals surface area contributed by atoms with Crippen LogP contribution in [0.1, 0.15) is 19.4 Å². The zero-order chi connectivity index (χ0) is 11.6. The molecule has 0 saturated heterocycles. The van der Waals surface area contributed by atoms with Crippen molar-refractivity contribution in [2.45, 2.75) is 13.8 Å². The average Bonchev–Trinajstić information content (AvgIpc) is 2.05. The summed E-state index contributed by atoms with van der Waals surface area (Å²) in [5.74, 6) is -1.21. The minimum absolute atomic E-state index is 0.366. The van der Waals surface area contributed by atoms with Crippen molar-refractivity contribution >= 4 is 18.5 Å². The van der Waals surface area contributed by atoms with Crippen molar-refractivity contribution in [2.24, 2.45) is 0 Å². The monoisotopic (exact) mass is 217 g/mol. The van der Waals surface area contributed by atoms with Crippen LogP contribution in [0, 0.1) is 5.82 Å². The van der Waals surface area contributed by atoms with Gasteiger partial charge < -0.3 is 12.9 Å². The maximum atomic E-state index is 12.9. The summed E-state index contributed by atoms with van der Waals surface area (Å²) in [4.78, 5) is 0. The second-order valence-electron chi connectivity index (χ2n) is 3.58. The Morgan fingerprint density at radius 3 is 2.27 bits per heavy atom. The first kappa shape index (κ1) is 11.8. The lowest BCUT2D eigenvalue weighted by Gasteiger charge is -2.16. The SMILES string of the molecule is CC(C)=Cc1ccc(F)c([B-](F)(F)F)c1. The van der Waals surface area contributed by atoms with E-state index in [0.29, 0.717) is 5.56 Å². The van der Waals surface area contributed by atoms with Gasteiger partial charge in [-0.05, 0) is 25.5 Å². The average molecular weight is 217 g/mol. The summed E-state index contributed by atoms with van der Waals surface area (Å²) >= 11 is 0. The third kappa shape index (κ3) is 3.11. The summed E-state index contributed by atoms with van der Waals surface area (Å²) < 4.78 is 50.0. The fourth-order valence-electron chi connectivity index (χ4n) is 1.24. The molecule has 0 aromatic heterocycles. The van der Waals surface area contributed by atoms with E-state index in [-0.39, 0.29) is 0 Å². The molecular formula is C10H10BF4-. The summed E-state index contributed by atoms with van der Waals surface area (Å²) in [7, 11) is 0. The molecule has 0 saturated carbocycles. The van der Waals surface area contributed by atoms with Crippen molar-refractivity contribution in [2.75, 3.05) is 0 Å². The number of hydrogen-bond acceptors (Lipinski definition) is 0. The van der Waals surface area contributed by atoms with E-state index in [1.165, 1.54) is 6.07 Å². The minimum Gasteiger partial charge on any atom is -0.445 e. The molecule has 0 spiro atoms. The Bertz CT molecular complexity index is 389. The van der Waals surface area contributed by atoms with Gasteiger partial charge in [0.2, 0.25) is 0 Å². The van der Waals surface area contributed by atoms with E-state index in [9.17, 15) is 17.3 Å². The molecule has 5 heteroatoms. The summed E-state index contributed by atoms with van der Waals surface area (Å²) in [6, 6.07) is 3.01. The van der Waals surface area contributed by atoms with Gasteiger partial charge in [-0.2, -0.15) is 0 Å². The number of allylic oxidation sites excluding steroid dienone is 1. The van der Waals surface area contributed by atoms with Crippen LogP contribution in [-0.2, 0) is 0 Å². The number of hydrogen-bond donors (Lipinski definition) is 0. The smallest absolute Gasteiger partial charge is 0.445 e. The van der Waals surface area contributed by atoms with Gasteiger partial charge >= 0.3 is 6.98 Å². The maximum absolute atomic E-state index is 12.9. The van der Waals surface area contributed by atoms with E-state index in [1.54, 1.807) is 19.9 Å². The molecule has 1 aromatic rings. The van der Waals surface area contributed by atoms with Crippen molar-refractivity contribution < 1.29 is 17.3 Å². The second-order valence-corrected chi connectivity index (χ2v) is 3.58. The molecule has 0 amide bonds. The normalized spacial score (nSPS) is 11.3. The van der Waals surface area contributed by atoms with Crippen LogP contribution in [0.2, 0.25) is 0 Å². The van der Waals surface area contributed by atoms with Gasteiger partial charge in [-0.1, -0.05) is 29.2 Å². The molecule has 0 bridgehead atoms. The Balaban J connectivity index is 3.23. The van der Waals surface area contributed by atoms with Gasteiger partial charge in [-0.3, -0.25) is 0 Å². The molecule has 0 aliphatic carbocycles. The van der Waals surface area contributed by atoms with Crippen molar-refractivity contribution in [1.29, 1.82) is 0 Å². The number of halogens is 4. The molecule has 0 atom stereocenters. The van der Waals surface area contributed by atoms with Crippen LogP contribution in [0.5, 0.6) is 0 Å². The van der Waals surface area contributed by atoms with Gasteiger partial charge in [0.1, 0.15) is 0 Å². The second kappa shape index (κ2) is 4.09. The topological polar surface area (TPSA) is 0 Å². The molecule has 0 heterocycles. The summed E-state index contributed by atoms with van der Waals surface area (Å²) in [5.41, 5.74) is 0.0674. The third-order valence-electron chi connectivity index (χ3n) is 1.83. The molecule has 0 fully saturated rings. The zero-order valence-electron chi connectivity index (χ0n) is 8.40. The minimum atomic E-state index is -5.28. The predicted molar refractivity (Wildman–Crippen MR) is 54.4 cm³/mol. The molecule has 15 heavy (non-hydrogen) atoms. The van der Waals surface area contributed by atoms with Gasteiger partial charge in [-0.15, -0.1) is 0 Å². The fourth-order valence-corrected chi connectivity index (χ4v) is 1.24. The van der Waals surface area contributed by atoms with E-state index >= 15 is 0 Å². The van der Waals surface area contributed by atoms with Crippen molar-refractivity contribution in [3.63, 3.8) is 0 Å². The van der Waals surface area contributed by atoms with Crippen molar-refractivity contribution in [3.05, 3.63) is 35.2 Å². The van der Waals surface area contributed by atoms with Gasteiger partial charge in [0, 0.05) is 0 Å². The molecule has 0 N–H and O–H groups in total. The lowest BCUT2D eigenvalue weighted by atomic mass is 9.79. The Morgan fingerprint density at radius 2 is 1.80 bits per heavy atom. The summed E-state index contributed by atoms with van der Waals surface area (Å²) in [6.07, 6.45) is 1.57. The molecule has 0 unspecified atom stereocenters. The Hall–Kier alpha value is -1.26. The predicted octanol–water partition coefficient (Wildman–Crippen LogP) is 3.30. The Kier molecular flexibility index (Phi) is 3.22. The maximum Gasteiger partial charge on any atom is 0.512 e. The lowest BCUT2D eigenvalue weighted by Crippen LogP contribution is -2.36. The highest BCUT2D eigenvalue weighted by atomic mass is 19.4. The largest absolute Gasteiger partial charge is 0.512 e. The first-order chi connectivity index (χ1) is 6.80. The van der Waals surface area contributed by atoms with Crippen LogP contribution in [0.4, 0.5) is 17.3 Å². The van der Waals surface area contributed by atoms with E-state index < -0.39 is 18.3 Å². The first-order valence-electron chi connectivity index (χ1n) is 4.45. The van der Waals surface area contributed by atoms with Crippen LogP contribution in [-0.4, -0.2) is 6.98 Å². The van der Waals surface area contributed by atoms with Gasteiger partial charge in [0.25, 0.3) is 0 Å². The lowest BCUT2D eigenvalue weighted by molar-refractivity contribution is 0.494. The zero-order valence-corrected chi connectivity index (χ0v) is 8.40. The molecule has 0 nitrogen and oxygen atoms in total. The summed E-state index contributed by atoms with van der Waals surface area (Å²) in [5, 5.41) is 0. The van der Waals surface area contributed by atoms with Gasteiger partial charge in [0.15, 0.2) is 0 Å². The fraction of sp³-hybridized carbons (Fsp3) is 0.200. The molecule has 0 aliphatic rings. The third-order valence-corrected chi connectivity index (χ3v) is 1.83. The van der Waals surface area contributed by atoms with Crippen LogP contribution in [0.3, 0.4) is 0 Å².